The zero-order chi connectivity index (χ0) is 15.9. The van der Waals surface area contributed by atoms with Gasteiger partial charge in [-0.05, 0) is 12.0 Å². The van der Waals surface area contributed by atoms with E-state index in [1.807, 2.05) is 30.3 Å². The second kappa shape index (κ2) is 13.2. The van der Waals surface area contributed by atoms with Gasteiger partial charge in [0.1, 0.15) is 0 Å². The van der Waals surface area contributed by atoms with Gasteiger partial charge in [-0.15, -0.1) is 0 Å². The Morgan fingerprint density at radius 1 is 0.818 bits per heavy atom. The molecule has 124 valence electrons. The number of amides is 2. The first-order chi connectivity index (χ1) is 10.8. The zero-order valence-electron chi connectivity index (χ0n) is 14.1. The standard InChI is InChI=1S/C19H32N2O/c1-2-3-4-5-6-7-8-9-13-16-20-19(22)21-17-18-14-11-10-12-15-18/h10-12,14-15H,2-9,13,16-17H2,1H3,(H2,20,21,22). The van der Waals surface area contributed by atoms with E-state index in [0.717, 1.165) is 18.5 Å². The number of carbonyl (C=O) groups is 1. The van der Waals surface area contributed by atoms with Crippen LogP contribution in [0.5, 0.6) is 0 Å². The van der Waals surface area contributed by atoms with Gasteiger partial charge >= 0.3 is 6.03 Å². The SMILES string of the molecule is CCCCCCCCCCCNC(=O)NCc1ccccc1. The molecule has 0 aromatic heterocycles. The molecule has 2 N–H and O–H groups in total. The average Bonchev–Trinajstić information content (AvgIpc) is 2.55. The van der Waals surface area contributed by atoms with Gasteiger partial charge in [-0.3, -0.25) is 0 Å². The number of carbonyl (C=O) groups excluding carboxylic acids is 1. The molecule has 0 bridgehead atoms. The number of nitrogens with one attached hydrogen (secondary N) is 2. The Bertz CT molecular complexity index is 378. The molecule has 1 rings (SSSR count). The Labute approximate surface area is 135 Å². The zero-order valence-corrected chi connectivity index (χ0v) is 14.1. The number of urea groups is 1. The molecule has 2 amide bonds. The van der Waals surface area contributed by atoms with Crippen LogP contribution in [-0.2, 0) is 6.54 Å². The summed E-state index contributed by atoms with van der Waals surface area (Å²) in [4.78, 5) is 11.6. The quantitative estimate of drug-likeness (QED) is 0.523. The van der Waals surface area contributed by atoms with E-state index in [2.05, 4.69) is 17.6 Å². The molecular weight excluding hydrogens is 272 g/mol. The fourth-order valence-electron chi connectivity index (χ4n) is 2.48. The van der Waals surface area contributed by atoms with Crippen molar-refractivity contribution >= 4 is 6.03 Å². The van der Waals surface area contributed by atoms with E-state index in [-0.39, 0.29) is 6.03 Å². The van der Waals surface area contributed by atoms with Crippen molar-refractivity contribution in [2.75, 3.05) is 6.54 Å². The minimum Gasteiger partial charge on any atom is -0.338 e. The molecule has 0 radical (unpaired) electrons. The third-order valence-corrected chi connectivity index (χ3v) is 3.86. The fraction of sp³-hybridized carbons (Fsp3) is 0.632. The maximum Gasteiger partial charge on any atom is 0.315 e. The molecule has 0 aliphatic carbocycles. The topological polar surface area (TPSA) is 41.1 Å². The summed E-state index contributed by atoms with van der Waals surface area (Å²) < 4.78 is 0. The van der Waals surface area contributed by atoms with Gasteiger partial charge in [-0.25, -0.2) is 4.79 Å². The van der Waals surface area contributed by atoms with Crippen LogP contribution in [0.2, 0.25) is 0 Å². The third-order valence-electron chi connectivity index (χ3n) is 3.86. The van der Waals surface area contributed by atoms with Crippen LogP contribution in [0, 0.1) is 0 Å². The molecule has 22 heavy (non-hydrogen) atoms. The van der Waals surface area contributed by atoms with Crippen molar-refractivity contribution in [3.05, 3.63) is 35.9 Å². The van der Waals surface area contributed by atoms with Crippen LogP contribution in [0.15, 0.2) is 30.3 Å². The van der Waals surface area contributed by atoms with Crippen LogP contribution < -0.4 is 10.6 Å². The van der Waals surface area contributed by atoms with Crippen LogP contribution >= 0.6 is 0 Å². The van der Waals surface area contributed by atoms with Gasteiger partial charge in [-0.2, -0.15) is 0 Å². The Morgan fingerprint density at radius 2 is 1.41 bits per heavy atom. The molecule has 0 spiro atoms. The highest BCUT2D eigenvalue weighted by molar-refractivity contribution is 5.73. The largest absolute Gasteiger partial charge is 0.338 e. The van der Waals surface area contributed by atoms with E-state index in [0.29, 0.717) is 6.54 Å². The molecule has 3 heteroatoms. The molecule has 1 aromatic carbocycles. The number of unbranched alkanes of at least 4 members (excludes halogenated alkanes) is 8. The van der Waals surface area contributed by atoms with Gasteiger partial charge in [0.2, 0.25) is 0 Å². The average molecular weight is 304 g/mol. The Balaban J connectivity index is 1.87. The smallest absolute Gasteiger partial charge is 0.315 e. The number of hydrogen-bond donors (Lipinski definition) is 2. The van der Waals surface area contributed by atoms with E-state index < -0.39 is 0 Å². The number of rotatable bonds is 12. The van der Waals surface area contributed by atoms with E-state index in [4.69, 9.17) is 0 Å². The van der Waals surface area contributed by atoms with Crippen molar-refractivity contribution in [3.63, 3.8) is 0 Å². The minimum atomic E-state index is -0.0663. The Hall–Kier alpha value is -1.51. The first-order valence-electron chi connectivity index (χ1n) is 8.88. The van der Waals surface area contributed by atoms with Gasteiger partial charge < -0.3 is 10.6 Å². The lowest BCUT2D eigenvalue weighted by molar-refractivity contribution is 0.240. The summed E-state index contributed by atoms with van der Waals surface area (Å²) in [5.41, 5.74) is 1.13. The maximum atomic E-state index is 11.6. The van der Waals surface area contributed by atoms with Crippen molar-refractivity contribution in [1.29, 1.82) is 0 Å². The molecular formula is C19H32N2O. The molecule has 1 aromatic rings. The molecule has 3 nitrogen and oxygen atoms in total. The summed E-state index contributed by atoms with van der Waals surface area (Å²) in [7, 11) is 0. The van der Waals surface area contributed by atoms with Crippen molar-refractivity contribution < 1.29 is 4.79 Å². The minimum absolute atomic E-state index is 0.0663. The summed E-state index contributed by atoms with van der Waals surface area (Å²) >= 11 is 0. The molecule has 0 unspecified atom stereocenters. The second-order valence-electron chi connectivity index (χ2n) is 5.92. The second-order valence-corrected chi connectivity index (χ2v) is 5.92. The molecule has 0 fully saturated rings. The molecule has 0 heterocycles. The van der Waals surface area contributed by atoms with E-state index in [1.165, 1.54) is 51.4 Å². The highest BCUT2D eigenvalue weighted by Gasteiger charge is 1.99. The molecule has 0 saturated heterocycles. The highest BCUT2D eigenvalue weighted by Crippen LogP contribution is 2.09. The first kappa shape index (κ1) is 18.5. The number of benzene rings is 1. The van der Waals surface area contributed by atoms with E-state index in [9.17, 15) is 4.79 Å². The molecule has 0 aliphatic heterocycles. The van der Waals surface area contributed by atoms with Crippen molar-refractivity contribution in [2.45, 2.75) is 71.3 Å². The lowest BCUT2D eigenvalue weighted by Gasteiger charge is -2.07. The summed E-state index contributed by atoms with van der Waals surface area (Å²) in [6, 6.07) is 9.91. The van der Waals surface area contributed by atoms with Crippen LogP contribution in [-0.4, -0.2) is 12.6 Å². The van der Waals surface area contributed by atoms with Crippen molar-refractivity contribution in [1.82, 2.24) is 10.6 Å². The predicted octanol–water partition coefficient (Wildman–Crippen LogP) is 5.02. The number of hydrogen-bond acceptors (Lipinski definition) is 1. The fourth-order valence-corrected chi connectivity index (χ4v) is 2.48. The van der Waals surface area contributed by atoms with Crippen molar-refractivity contribution in [2.24, 2.45) is 0 Å². The monoisotopic (exact) mass is 304 g/mol. The van der Waals surface area contributed by atoms with E-state index in [1.54, 1.807) is 0 Å². The molecule has 0 aliphatic rings. The third kappa shape index (κ3) is 10.3. The maximum absolute atomic E-state index is 11.6. The normalized spacial score (nSPS) is 10.4. The lowest BCUT2D eigenvalue weighted by atomic mass is 10.1. The molecule has 0 atom stereocenters. The summed E-state index contributed by atoms with van der Waals surface area (Å²) in [6.45, 7) is 3.61. The van der Waals surface area contributed by atoms with Crippen LogP contribution in [0.3, 0.4) is 0 Å². The summed E-state index contributed by atoms with van der Waals surface area (Å²) in [5.74, 6) is 0. The van der Waals surface area contributed by atoms with Crippen molar-refractivity contribution in [3.8, 4) is 0 Å². The predicted molar refractivity (Wildman–Crippen MR) is 93.9 cm³/mol. The van der Waals surface area contributed by atoms with Gasteiger partial charge in [0.15, 0.2) is 0 Å². The van der Waals surface area contributed by atoms with Gasteiger partial charge in [0.05, 0.1) is 0 Å². The van der Waals surface area contributed by atoms with Gasteiger partial charge in [-0.1, -0.05) is 88.6 Å². The van der Waals surface area contributed by atoms with E-state index >= 15 is 0 Å². The lowest BCUT2D eigenvalue weighted by Crippen LogP contribution is -2.35. The van der Waals surface area contributed by atoms with Gasteiger partial charge in [0, 0.05) is 13.1 Å². The van der Waals surface area contributed by atoms with Gasteiger partial charge in [0.25, 0.3) is 0 Å². The Morgan fingerprint density at radius 3 is 2.05 bits per heavy atom. The highest BCUT2D eigenvalue weighted by atomic mass is 16.2. The van der Waals surface area contributed by atoms with Crippen LogP contribution in [0.1, 0.15) is 70.3 Å². The first-order valence-corrected chi connectivity index (χ1v) is 8.88. The summed E-state index contributed by atoms with van der Waals surface area (Å²) in [6.07, 6.45) is 11.8. The molecule has 0 saturated carbocycles. The van der Waals surface area contributed by atoms with Crippen LogP contribution in [0.4, 0.5) is 4.79 Å². The summed E-state index contributed by atoms with van der Waals surface area (Å²) in [5, 5.41) is 5.80. The van der Waals surface area contributed by atoms with Crippen LogP contribution in [0.25, 0.3) is 0 Å². The Kier molecular flexibility index (Phi) is 11.1.